The van der Waals surface area contributed by atoms with E-state index in [0.29, 0.717) is 11.3 Å². The zero-order valence-electron chi connectivity index (χ0n) is 15.3. The quantitative estimate of drug-likeness (QED) is 0.525. The molecule has 0 saturated carbocycles. The number of hydrogen-bond acceptors (Lipinski definition) is 5. The maximum Gasteiger partial charge on any atom is 0.416 e. The zero-order chi connectivity index (χ0) is 21.6. The van der Waals surface area contributed by atoms with Crippen LogP contribution in [0.3, 0.4) is 0 Å². The molecule has 4 rings (SSSR count). The second kappa shape index (κ2) is 6.83. The van der Waals surface area contributed by atoms with Crippen LogP contribution in [0.15, 0.2) is 41.5 Å². The number of benzene rings is 1. The number of aromatic nitrogens is 6. The molecule has 0 unspecified atom stereocenters. The molecule has 0 bridgehead atoms. The van der Waals surface area contributed by atoms with Gasteiger partial charge in [-0.2, -0.15) is 23.4 Å². The molecule has 0 aliphatic carbocycles. The van der Waals surface area contributed by atoms with Crippen molar-refractivity contribution in [1.29, 1.82) is 0 Å². The number of nitrogens with one attached hydrogen (secondary N) is 1. The van der Waals surface area contributed by atoms with Crippen molar-refractivity contribution in [3.8, 4) is 5.95 Å². The first-order valence-electron chi connectivity index (χ1n) is 8.55. The summed E-state index contributed by atoms with van der Waals surface area (Å²) in [5.41, 5.74) is -0.0297. The number of carbonyl (C=O) groups is 1. The Morgan fingerprint density at radius 1 is 1.23 bits per heavy atom. The predicted octanol–water partition coefficient (Wildman–Crippen LogP) is 2.38. The molecule has 0 atom stereocenters. The van der Waals surface area contributed by atoms with E-state index in [1.807, 2.05) is 0 Å². The van der Waals surface area contributed by atoms with Crippen LogP contribution in [0.4, 0.5) is 13.2 Å². The number of halogens is 3. The summed E-state index contributed by atoms with van der Waals surface area (Å²) >= 11 is 0. The van der Waals surface area contributed by atoms with Gasteiger partial charge in [0, 0.05) is 6.20 Å². The van der Waals surface area contributed by atoms with Gasteiger partial charge in [-0.05, 0) is 24.6 Å². The lowest BCUT2D eigenvalue weighted by Crippen LogP contribution is -2.17. The van der Waals surface area contributed by atoms with Gasteiger partial charge in [0.1, 0.15) is 5.52 Å². The molecule has 3 heterocycles. The number of aryl methyl sites for hydroxylation is 1. The molecule has 0 aliphatic heterocycles. The van der Waals surface area contributed by atoms with Gasteiger partial charge in [-0.25, -0.2) is 14.5 Å². The highest BCUT2D eigenvalue weighted by Gasteiger charge is 2.30. The Labute approximate surface area is 165 Å². The normalized spacial score (nSPS) is 11.9. The van der Waals surface area contributed by atoms with Gasteiger partial charge >= 0.3 is 12.1 Å². The van der Waals surface area contributed by atoms with Crippen LogP contribution in [0.5, 0.6) is 0 Å². The Kier molecular flexibility index (Phi) is 4.41. The molecule has 2 N–H and O–H groups in total. The van der Waals surface area contributed by atoms with E-state index in [9.17, 15) is 22.8 Å². The highest BCUT2D eigenvalue weighted by atomic mass is 19.4. The van der Waals surface area contributed by atoms with Gasteiger partial charge in [-0.15, -0.1) is 0 Å². The van der Waals surface area contributed by atoms with Crippen molar-refractivity contribution in [1.82, 2.24) is 29.5 Å². The first kappa shape index (κ1) is 19.4. The number of aromatic amines is 1. The third-order valence-electron chi connectivity index (χ3n) is 4.41. The molecule has 0 saturated heterocycles. The Bertz CT molecular complexity index is 1320. The van der Waals surface area contributed by atoms with Gasteiger partial charge in [0.05, 0.1) is 29.6 Å². The Balaban J connectivity index is 1.72. The van der Waals surface area contributed by atoms with Crippen LogP contribution < -0.4 is 5.56 Å². The second-order valence-corrected chi connectivity index (χ2v) is 6.50. The fourth-order valence-electron chi connectivity index (χ4n) is 2.97. The fraction of sp³-hybridized carbons (Fsp3) is 0.167. The Morgan fingerprint density at radius 2 is 1.93 bits per heavy atom. The van der Waals surface area contributed by atoms with E-state index in [0.717, 1.165) is 23.0 Å². The first-order valence-corrected chi connectivity index (χ1v) is 8.55. The van der Waals surface area contributed by atoms with Crippen LogP contribution in [0, 0.1) is 6.92 Å². The van der Waals surface area contributed by atoms with Crippen LogP contribution in [-0.4, -0.2) is 40.6 Å². The summed E-state index contributed by atoms with van der Waals surface area (Å²) in [7, 11) is 0. The number of rotatable bonds is 4. The van der Waals surface area contributed by atoms with Crippen LogP contribution in [-0.2, 0) is 12.7 Å². The standard InChI is InChI=1S/C18H13F3N6O3/c1-9-13-14(15(28)24-17(23-13)27-8-11(6-22-27)16(29)30)26(25-9)7-10-2-4-12(5-3-10)18(19,20)21/h2-6,8H,7H2,1H3,(H,29,30)(H,23,24,28). The molecule has 30 heavy (non-hydrogen) atoms. The number of carboxylic acids is 1. The average molecular weight is 418 g/mol. The van der Waals surface area contributed by atoms with Crippen LogP contribution >= 0.6 is 0 Å². The van der Waals surface area contributed by atoms with Crippen molar-refractivity contribution in [3.05, 3.63) is 69.4 Å². The molecule has 12 heteroatoms. The van der Waals surface area contributed by atoms with E-state index >= 15 is 0 Å². The van der Waals surface area contributed by atoms with E-state index in [4.69, 9.17) is 5.11 Å². The Hall–Kier alpha value is -3.96. The first-order chi connectivity index (χ1) is 14.1. The SMILES string of the molecule is Cc1nn(Cc2ccc(C(F)(F)F)cc2)c2c(=O)[nH]c(-n3cc(C(=O)O)cn3)nc12. The summed E-state index contributed by atoms with van der Waals surface area (Å²) in [5, 5.41) is 17.1. The summed E-state index contributed by atoms with van der Waals surface area (Å²) in [5.74, 6) is -1.16. The number of alkyl halides is 3. The highest BCUT2D eigenvalue weighted by Crippen LogP contribution is 2.29. The third kappa shape index (κ3) is 3.43. The van der Waals surface area contributed by atoms with E-state index in [1.54, 1.807) is 6.92 Å². The number of nitrogens with zero attached hydrogens (tertiary/aromatic N) is 5. The van der Waals surface area contributed by atoms with Crippen molar-refractivity contribution >= 4 is 17.0 Å². The number of fused-ring (bicyclic) bond motifs is 1. The molecule has 0 spiro atoms. The summed E-state index contributed by atoms with van der Waals surface area (Å²) in [4.78, 5) is 30.5. The lowest BCUT2D eigenvalue weighted by atomic mass is 10.1. The molecular formula is C18H13F3N6O3. The highest BCUT2D eigenvalue weighted by molar-refractivity contribution is 5.87. The van der Waals surface area contributed by atoms with E-state index in [1.165, 1.54) is 23.0 Å². The summed E-state index contributed by atoms with van der Waals surface area (Å²) in [6.45, 7) is 1.70. The molecule has 3 aromatic heterocycles. The molecule has 4 aromatic rings. The van der Waals surface area contributed by atoms with Crippen molar-refractivity contribution in [3.63, 3.8) is 0 Å². The Morgan fingerprint density at radius 3 is 2.53 bits per heavy atom. The minimum Gasteiger partial charge on any atom is -0.478 e. The smallest absolute Gasteiger partial charge is 0.416 e. The molecule has 0 aliphatic rings. The van der Waals surface area contributed by atoms with Crippen LogP contribution in [0.1, 0.15) is 27.2 Å². The molecule has 154 valence electrons. The summed E-state index contributed by atoms with van der Waals surface area (Å²) in [6.07, 6.45) is -2.11. The van der Waals surface area contributed by atoms with Crippen molar-refractivity contribution < 1.29 is 23.1 Å². The minimum absolute atomic E-state index is 0.0113. The number of carboxylic acid groups (broad SMARTS) is 1. The lowest BCUT2D eigenvalue weighted by Gasteiger charge is -2.08. The monoisotopic (exact) mass is 418 g/mol. The molecule has 9 nitrogen and oxygen atoms in total. The van der Waals surface area contributed by atoms with Gasteiger partial charge in [0.15, 0.2) is 5.52 Å². The van der Waals surface area contributed by atoms with E-state index in [2.05, 4.69) is 20.2 Å². The largest absolute Gasteiger partial charge is 0.478 e. The number of aromatic carboxylic acids is 1. The lowest BCUT2D eigenvalue weighted by molar-refractivity contribution is -0.137. The second-order valence-electron chi connectivity index (χ2n) is 6.50. The molecular weight excluding hydrogens is 405 g/mol. The van der Waals surface area contributed by atoms with E-state index in [-0.39, 0.29) is 29.1 Å². The molecule has 0 amide bonds. The number of hydrogen-bond donors (Lipinski definition) is 2. The molecule has 0 radical (unpaired) electrons. The maximum atomic E-state index is 12.7. The van der Waals surface area contributed by atoms with Crippen molar-refractivity contribution in [2.75, 3.05) is 0 Å². The summed E-state index contributed by atoms with van der Waals surface area (Å²) < 4.78 is 40.6. The van der Waals surface area contributed by atoms with E-state index < -0.39 is 23.3 Å². The van der Waals surface area contributed by atoms with Crippen molar-refractivity contribution in [2.45, 2.75) is 19.6 Å². The van der Waals surface area contributed by atoms with Gasteiger partial charge in [0.25, 0.3) is 5.56 Å². The third-order valence-corrected chi connectivity index (χ3v) is 4.41. The minimum atomic E-state index is -4.43. The van der Waals surface area contributed by atoms with Crippen LogP contribution in [0.25, 0.3) is 17.0 Å². The molecule has 0 fully saturated rings. The molecule has 1 aromatic carbocycles. The van der Waals surface area contributed by atoms with Gasteiger partial charge in [-0.3, -0.25) is 14.5 Å². The van der Waals surface area contributed by atoms with Crippen LogP contribution in [0.2, 0.25) is 0 Å². The van der Waals surface area contributed by atoms with Gasteiger partial charge < -0.3 is 5.11 Å². The van der Waals surface area contributed by atoms with Gasteiger partial charge in [0.2, 0.25) is 5.95 Å². The average Bonchev–Trinajstić information content (AvgIpc) is 3.27. The van der Waals surface area contributed by atoms with Crippen molar-refractivity contribution in [2.24, 2.45) is 0 Å². The topological polar surface area (TPSA) is 119 Å². The predicted molar refractivity (Wildman–Crippen MR) is 97.5 cm³/mol. The zero-order valence-corrected chi connectivity index (χ0v) is 15.3. The maximum absolute atomic E-state index is 12.7. The van der Waals surface area contributed by atoms with Gasteiger partial charge in [-0.1, -0.05) is 12.1 Å². The number of H-pyrrole nitrogens is 1. The summed E-state index contributed by atoms with van der Waals surface area (Å²) in [6, 6.07) is 4.57. The fourth-order valence-corrected chi connectivity index (χ4v) is 2.97.